The average Bonchev–Trinajstić information content (AvgIpc) is 2.71. The molecule has 0 unspecified atom stereocenters. The second-order valence-corrected chi connectivity index (χ2v) is 8.51. The Bertz CT molecular complexity index is 1240. The largest absolute Gasteiger partial charge is 0.496 e. The highest BCUT2D eigenvalue weighted by Crippen LogP contribution is 2.41. The Hall–Kier alpha value is -3.20. The Balaban J connectivity index is 1.96. The first-order chi connectivity index (χ1) is 14.0. The van der Waals surface area contributed by atoms with Gasteiger partial charge in [0.05, 0.1) is 12.7 Å². The summed E-state index contributed by atoms with van der Waals surface area (Å²) in [6.45, 7) is 6.73. The maximum atomic E-state index is 6.55. The molecule has 3 aromatic rings. The van der Waals surface area contributed by atoms with Crippen LogP contribution < -0.4 is 25.2 Å². The predicted molar refractivity (Wildman–Crippen MR) is 119 cm³/mol. The van der Waals surface area contributed by atoms with Crippen LogP contribution in [0.1, 0.15) is 32.8 Å². The zero-order valence-electron chi connectivity index (χ0n) is 17.3. The van der Waals surface area contributed by atoms with Crippen molar-refractivity contribution in [2.45, 2.75) is 32.7 Å². The normalized spacial score (nSPS) is 16.1. The highest BCUT2D eigenvalue weighted by Gasteiger charge is 2.29. The van der Waals surface area contributed by atoms with Gasteiger partial charge in [-0.3, -0.25) is 0 Å². The van der Waals surface area contributed by atoms with Crippen LogP contribution >= 0.6 is 0 Å². The average molecular weight is 383 g/mol. The van der Waals surface area contributed by atoms with Gasteiger partial charge < -0.3 is 14.8 Å². The second-order valence-electron chi connectivity index (χ2n) is 8.51. The van der Waals surface area contributed by atoms with Crippen LogP contribution in [0.3, 0.4) is 0 Å². The van der Waals surface area contributed by atoms with Crippen molar-refractivity contribution in [1.29, 1.82) is 0 Å². The predicted octanol–water partition coefficient (Wildman–Crippen LogP) is 4.68. The number of benzene rings is 3. The molecule has 3 aromatic carbocycles. The van der Waals surface area contributed by atoms with Crippen molar-refractivity contribution >= 4 is 17.0 Å². The van der Waals surface area contributed by atoms with E-state index in [9.17, 15) is 0 Å². The lowest BCUT2D eigenvalue weighted by Gasteiger charge is -2.34. The van der Waals surface area contributed by atoms with Gasteiger partial charge in [0.25, 0.3) is 0 Å². The van der Waals surface area contributed by atoms with E-state index in [2.05, 4.69) is 62.5 Å². The summed E-state index contributed by atoms with van der Waals surface area (Å²) >= 11 is 0. The standard InChI is InChI=1S/C26H25NO2/c1-16-15-26(2,3)27-19-14-13-18-23-20(28-4)11-8-12-21(23)29-25(24(18)22(16)19)17-9-6-5-7-10-17/h5-14,27H,15H2,1-4H3. The molecule has 0 aliphatic carbocycles. The van der Waals surface area contributed by atoms with Gasteiger partial charge in [-0.05, 0) is 45.4 Å². The van der Waals surface area contributed by atoms with Crippen LogP contribution in [0, 0.1) is 0 Å². The van der Waals surface area contributed by atoms with Crippen molar-refractivity contribution in [2.75, 3.05) is 12.4 Å². The van der Waals surface area contributed by atoms with E-state index in [1.54, 1.807) is 7.11 Å². The summed E-state index contributed by atoms with van der Waals surface area (Å²) in [6.07, 6.45) is 0.983. The molecule has 3 heteroatoms. The number of nitrogens with one attached hydrogen (secondary N) is 1. The number of anilines is 1. The van der Waals surface area contributed by atoms with Gasteiger partial charge in [-0.15, -0.1) is 0 Å². The Kier molecular flexibility index (Phi) is 3.95. The van der Waals surface area contributed by atoms with Crippen LogP contribution in [-0.2, 0) is 0 Å². The monoisotopic (exact) mass is 383 g/mol. The molecule has 0 amide bonds. The Morgan fingerprint density at radius 3 is 2.48 bits per heavy atom. The van der Waals surface area contributed by atoms with Gasteiger partial charge in [0.1, 0.15) is 17.3 Å². The van der Waals surface area contributed by atoms with Crippen molar-refractivity contribution in [3.05, 3.63) is 76.7 Å². The van der Waals surface area contributed by atoms with Crippen molar-refractivity contribution in [3.8, 4) is 22.6 Å². The van der Waals surface area contributed by atoms with Crippen LogP contribution in [-0.4, -0.2) is 12.6 Å². The maximum absolute atomic E-state index is 6.55. The summed E-state index contributed by atoms with van der Waals surface area (Å²) in [4.78, 5) is 0. The van der Waals surface area contributed by atoms with Gasteiger partial charge in [-0.1, -0.05) is 48.0 Å². The maximum Gasteiger partial charge on any atom is 0.143 e. The summed E-state index contributed by atoms with van der Waals surface area (Å²) in [5.41, 5.74) is 5.81. The molecule has 0 saturated heterocycles. The van der Waals surface area contributed by atoms with Gasteiger partial charge in [0, 0.05) is 32.8 Å². The Morgan fingerprint density at radius 2 is 1.72 bits per heavy atom. The molecule has 5 rings (SSSR count). The van der Waals surface area contributed by atoms with E-state index in [1.165, 1.54) is 10.8 Å². The number of rotatable bonds is 2. The molecule has 0 radical (unpaired) electrons. The summed E-state index contributed by atoms with van der Waals surface area (Å²) in [7, 11) is 1.71. The lowest BCUT2D eigenvalue weighted by atomic mass is 9.86. The first-order valence-electron chi connectivity index (χ1n) is 10.0. The van der Waals surface area contributed by atoms with Crippen LogP contribution in [0.25, 0.3) is 22.5 Å². The van der Waals surface area contributed by atoms with Gasteiger partial charge in [-0.2, -0.15) is 0 Å². The van der Waals surface area contributed by atoms with Crippen molar-refractivity contribution < 1.29 is 9.47 Å². The third-order valence-electron chi connectivity index (χ3n) is 5.76. The lowest BCUT2D eigenvalue weighted by molar-refractivity contribution is 0.412. The third-order valence-corrected chi connectivity index (χ3v) is 5.76. The Labute approximate surface area is 171 Å². The van der Waals surface area contributed by atoms with E-state index >= 15 is 0 Å². The molecule has 2 heterocycles. The van der Waals surface area contributed by atoms with E-state index in [4.69, 9.17) is 9.47 Å². The minimum Gasteiger partial charge on any atom is -0.496 e. The molecule has 0 spiro atoms. The molecular weight excluding hydrogens is 358 g/mol. The van der Waals surface area contributed by atoms with Crippen molar-refractivity contribution in [1.82, 2.24) is 0 Å². The zero-order chi connectivity index (χ0) is 20.2. The quantitative estimate of drug-likeness (QED) is 0.697. The lowest BCUT2D eigenvalue weighted by Crippen LogP contribution is -2.45. The third kappa shape index (κ3) is 2.80. The first-order valence-corrected chi connectivity index (χ1v) is 10.0. The van der Waals surface area contributed by atoms with E-state index in [-0.39, 0.29) is 5.54 Å². The number of ether oxygens (including phenoxy) is 2. The van der Waals surface area contributed by atoms with Gasteiger partial charge >= 0.3 is 0 Å². The summed E-state index contributed by atoms with van der Waals surface area (Å²) in [6, 6.07) is 20.7. The first kappa shape index (κ1) is 17.9. The highest BCUT2D eigenvalue weighted by molar-refractivity contribution is 5.86. The fourth-order valence-corrected chi connectivity index (χ4v) is 4.74. The van der Waals surface area contributed by atoms with Gasteiger partial charge in [0.15, 0.2) is 0 Å². The van der Waals surface area contributed by atoms with Crippen LogP contribution in [0.5, 0.6) is 11.5 Å². The fourth-order valence-electron chi connectivity index (χ4n) is 4.74. The number of hydrogen-bond acceptors (Lipinski definition) is 3. The highest BCUT2D eigenvalue weighted by atomic mass is 16.5. The molecule has 29 heavy (non-hydrogen) atoms. The molecule has 2 aliphatic rings. The Morgan fingerprint density at radius 1 is 0.931 bits per heavy atom. The molecule has 2 aliphatic heterocycles. The molecule has 0 saturated carbocycles. The smallest absolute Gasteiger partial charge is 0.143 e. The van der Waals surface area contributed by atoms with Gasteiger partial charge in [0.2, 0.25) is 0 Å². The SMILES string of the molecule is COc1cccc2c1-c1ccc3c(c1=C(c1ccccc1)O2)=C(C)CC(C)(C)N3. The fraction of sp³-hybridized carbons (Fsp3) is 0.231. The topological polar surface area (TPSA) is 30.5 Å². The molecule has 0 bridgehead atoms. The molecule has 0 atom stereocenters. The minimum absolute atomic E-state index is 0.0311. The molecule has 146 valence electrons. The number of hydrogen-bond donors (Lipinski definition) is 1. The molecule has 1 N–H and O–H groups in total. The van der Waals surface area contributed by atoms with E-state index in [0.717, 1.165) is 51.3 Å². The van der Waals surface area contributed by atoms with Crippen LogP contribution in [0.15, 0.2) is 60.7 Å². The molecular formula is C26H25NO2. The van der Waals surface area contributed by atoms with Crippen LogP contribution in [0.4, 0.5) is 5.69 Å². The minimum atomic E-state index is 0.0311. The molecule has 0 fully saturated rings. The zero-order valence-corrected chi connectivity index (χ0v) is 17.3. The van der Waals surface area contributed by atoms with E-state index < -0.39 is 0 Å². The van der Waals surface area contributed by atoms with Crippen LogP contribution in [0.2, 0.25) is 0 Å². The van der Waals surface area contributed by atoms with Gasteiger partial charge in [-0.25, -0.2) is 0 Å². The van der Waals surface area contributed by atoms with E-state index in [1.807, 2.05) is 24.3 Å². The summed E-state index contributed by atoms with van der Waals surface area (Å²) < 4.78 is 12.3. The number of fused-ring (bicyclic) bond motifs is 5. The molecule has 0 aromatic heterocycles. The van der Waals surface area contributed by atoms with Crippen molar-refractivity contribution in [3.63, 3.8) is 0 Å². The second kappa shape index (κ2) is 6.41. The molecule has 3 nitrogen and oxygen atoms in total. The summed E-state index contributed by atoms with van der Waals surface area (Å²) in [5, 5.41) is 6.11. The van der Waals surface area contributed by atoms with E-state index in [0.29, 0.717) is 0 Å². The van der Waals surface area contributed by atoms with Crippen molar-refractivity contribution in [2.24, 2.45) is 0 Å². The summed E-state index contributed by atoms with van der Waals surface area (Å²) in [5.74, 6) is 2.56. The number of methoxy groups -OCH3 is 1.